The van der Waals surface area contributed by atoms with Gasteiger partial charge in [0.2, 0.25) is 0 Å². The summed E-state index contributed by atoms with van der Waals surface area (Å²) in [6.45, 7) is 2.95. The van der Waals surface area contributed by atoms with Gasteiger partial charge in [0.15, 0.2) is 0 Å². The number of nitrogens with zero attached hydrogens (tertiary/aromatic N) is 1. The third kappa shape index (κ3) is 5.73. The molecule has 0 saturated heterocycles. The normalized spacial score (nSPS) is 10.3. The Morgan fingerprint density at radius 3 is 2.48 bits per heavy atom. The van der Waals surface area contributed by atoms with Crippen molar-refractivity contribution in [2.45, 2.75) is 13.3 Å². The van der Waals surface area contributed by atoms with E-state index in [0.717, 1.165) is 5.56 Å². The Labute approximate surface area is 129 Å². The molecule has 6 heteroatoms. The van der Waals surface area contributed by atoms with Gasteiger partial charge >= 0.3 is 5.97 Å². The molecule has 1 amide bonds. The molecule has 0 bridgehead atoms. The summed E-state index contributed by atoms with van der Waals surface area (Å²) >= 11 is 5.98. The second-order valence-electron chi connectivity index (χ2n) is 4.63. The summed E-state index contributed by atoms with van der Waals surface area (Å²) in [4.78, 5) is 25.3. The number of amides is 1. The van der Waals surface area contributed by atoms with Crippen molar-refractivity contribution in [2.75, 3.05) is 33.9 Å². The fourth-order valence-corrected chi connectivity index (χ4v) is 2.18. The van der Waals surface area contributed by atoms with E-state index in [1.807, 2.05) is 6.92 Å². The summed E-state index contributed by atoms with van der Waals surface area (Å²) in [5.74, 6) is -0.533. The van der Waals surface area contributed by atoms with Gasteiger partial charge in [-0.2, -0.15) is 0 Å². The number of esters is 1. The molecule has 0 heterocycles. The van der Waals surface area contributed by atoms with E-state index in [4.69, 9.17) is 16.3 Å². The molecule has 0 unspecified atom stereocenters. The van der Waals surface area contributed by atoms with Crippen molar-refractivity contribution in [3.8, 4) is 0 Å². The van der Waals surface area contributed by atoms with Crippen molar-refractivity contribution < 1.29 is 19.1 Å². The molecule has 0 fully saturated rings. The Balaban J connectivity index is 2.84. The van der Waals surface area contributed by atoms with Crippen LogP contribution in [0.4, 0.5) is 0 Å². The molecule has 116 valence electrons. The van der Waals surface area contributed by atoms with Gasteiger partial charge in [0.05, 0.1) is 20.1 Å². The highest BCUT2D eigenvalue weighted by atomic mass is 35.5. The van der Waals surface area contributed by atoms with Crippen LogP contribution in [0.5, 0.6) is 0 Å². The highest BCUT2D eigenvalue weighted by Gasteiger charge is 2.17. The van der Waals surface area contributed by atoms with Crippen molar-refractivity contribution in [3.63, 3.8) is 0 Å². The van der Waals surface area contributed by atoms with Crippen LogP contribution in [-0.2, 0) is 14.3 Å². The Morgan fingerprint density at radius 1 is 1.19 bits per heavy atom. The zero-order valence-corrected chi connectivity index (χ0v) is 13.3. The number of halogens is 1. The van der Waals surface area contributed by atoms with E-state index in [2.05, 4.69) is 4.74 Å². The molecule has 0 saturated carbocycles. The van der Waals surface area contributed by atoms with Crippen LogP contribution in [0.25, 0.3) is 0 Å². The van der Waals surface area contributed by atoms with Gasteiger partial charge in [0.1, 0.15) is 0 Å². The van der Waals surface area contributed by atoms with Crippen LogP contribution in [0.1, 0.15) is 22.3 Å². The lowest BCUT2D eigenvalue weighted by Crippen LogP contribution is -2.35. The summed E-state index contributed by atoms with van der Waals surface area (Å²) in [5.41, 5.74) is 1.41. The van der Waals surface area contributed by atoms with Gasteiger partial charge in [-0.1, -0.05) is 11.6 Å². The summed E-state index contributed by atoms with van der Waals surface area (Å²) in [6.07, 6.45) is 0.144. The van der Waals surface area contributed by atoms with E-state index in [1.54, 1.807) is 30.2 Å². The van der Waals surface area contributed by atoms with Crippen molar-refractivity contribution in [2.24, 2.45) is 0 Å². The average molecular weight is 314 g/mol. The molecular formula is C15H20ClNO4. The number of benzene rings is 1. The Bertz CT molecular complexity index is 484. The zero-order chi connectivity index (χ0) is 15.8. The number of ether oxygens (including phenoxy) is 2. The monoisotopic (exact) mass is 313 g/mol. The lowest BCUT2D eigenvalue weighted by Gasteiger charge is -2.22. The smallest absolute Gasteiger partial charge is 0.307 e. The molecule has 21 heavy (non-hydrogen) atoms. The van der Waals surface area contributed by atoms with Gasteiger partial charge in [-0.15, -0.1) is 0 Å². The van der Waals surface area contributed by atoms with Crippen molar-refractivity contribution in [1.29, 1.82) is 0 Å². The Kier molecular flexibility index (Phi) is 7.19. The molecule has 1 rings (SSSR count). The second-order valence-corrected chi connectivity index (χ2v) is 5.06. The molecular weight excluding hydrogens is 294 g/mol. The number of hydrogen-bond acceptors (Lipinski definition) is 4. The molecule has 0 aliphatic carbocycles. The molecule has 0 aliphatic rings. The first-order valence-corrected chi connectivity index (χ1v) is 6.98. The average Bonchev–Trinajstić information content (AvgIpc) is 2.45. The summed E-state index contributed by atoms with van der Waals surface area (Å²) in [5, 5.41) is 0.512. The number of methoxy groups -OCH3 is 2. The van der Waals surface area contributed by atoms with E-state index in [9.17, 15) is 9.59 Å². The predicted octanol–water partition coefficient (Wildman–Crippen LogP) is 2.30. The fourth-order valence-electron chi connectivity index (χ4n) is 1.89. The molecule has 0 atom stereocenters. The van der Waals surface area contributed by atoms with E-state index in [0.29, 0.717) is 23.7 Å². The first kappa shape index (κ1) is 17.5. The minimum Gasteiger partial charge on any atom is -0.469 e. The minimum atomic E-state index is -0.354. The SMILES string of the molecule is COCCN(CCC(=O)OC)C(=O)c1cc(C)cc(Cl)c1. The quantitative estimate of drug-likeness (QED) is 0.725. The van der Waals surface area contributed by atoms with Gasteiger partial charge in [0, 0.05) is 30.8 Å². The first-order valence-electron chi connectivity index (χ1n) is 6.60. The number of carbonyl (C=O) groups excluding carboxylic acids is 2. The summed E-state index contributed by atoms with van der Waals surface area (Å²) in [7, 11) is 2.89. The Hall–Kier alpha value is -1.59. The topological polar surface area (TPSA) is 55.8 Å². The van der Waals surface area contributed by atoms with Crippen LogP contribution in [0, 0.1) is 6.92 Å². The number of rotatable bonds is 7. The van der Waals surface area contributed by atoms with E-state index in [-0.39, 0.29) is 24.8 Å². The van der Waals surface area contributed by atoms with Crippen molar-refractivity contribution >= 4 is 23.5 Å². The van der Waals surface area contributed by atoms with Crippen LogP contribution in [0.2, 0.25) is 5.02 Å². The molecule has 0 N–H and O–H groups in total. The number of hydrogen-bond donors (Lipinski definition) is 0. The maximum Gasteiger partial charge on any atom is 0.307 e. The maximum atomic E-state index is 12.5. The minimum absolute atomic E-state index is 0.144. The molecule has 0 aliphatic heterocycles. The third-order valence-electron chi connectivity index (χ3n) is 2.96. The van der Waals surface area contributed by atoms with Crippen LogP contribution in [0.3, 0.4) is 0 Å². The van der Waals surface area contributed by atoms with E-state index in [1.165, 1.54) is 7.11 Å². The lowest BCUT2D eigenvalue weighted by atomic mass is 10.1. The number of carbonyl (C=O) groups is 2. The highest BCUT2D eigenvalue weighted by molar-refractivity contribution is 6.31. The fraction of sp³-hybridized carbons (Fsp3) is 0.467. The van der Waals surface area contributed by atoms with E-state index < -0.39 is 0 Å². The van der Waals surface area contributed by atoms with Crippen molar-refractivity contribution in [3.05, 3.63) is 34.3 Å². The first-order chi connectivity index (χ1) is 9.97. The number of aryl methyl sites for hydroxylation is 1. The lowest BCUT2D eigenvalue weighted by molar-refractivity contribution is -0.140. The van der Waals surface area contributed by atoms with Crippen LogP contribution >= 0.6 is 11.6 Å². The largest absolute Gasteiger partial charge is 0.469 e. The van der Waals surface area contributed by atoms with Crippen molar-refractivity contribution in [1.82, 2.24) is 4.90 Å². The third-order valence-corrected chi connectivity index (χ3v) is 3.17. The van der Waals surface area contributed by atoms with Gasteiger partial charge in [-0.25, -0.2) is 0 Å². The second kappa shape index (κ2) is 8.64. The van der Waals surface area contributed by atoms with Gasteiger partial charge in [-0.05, 0) is 30.7 Å². The van der Waals surface area contributed by atoms with Gasteiger partial charge < -0.3 is 14.4 Å². The van der Waals surface area contributed by atoms with Gasteiger partial charge in [0.25, 0.3) is 5.91 Å². The molecule has 1 aromatic rings. The summed E-state index contributed by atoms with van der Waals surface area (Å²) in [6, 6.07) is 5.17. The Morgan fingerprint density at radius 2 is 1.90 bits per heavy atom. The van der Waals surface area contributed by atoms with Crippen LogP contribution < -0.4 is 0 Å². The molecule has 0 spiro atoms. The predicted molar refractivity (Wildman–Crippen MR) is 80.6 cm³/mol. The molecule has 0 aromatic heterocycles. The van der Waals surface area contributed by atoms with Gasteiger partial charge in [-0.3, -0.25) is 9.59 Å². The molecule has 1 aromatic carbocycles. The highest BCUT2D eigenvalue weighted by Crippen LogP contribution is 2.16. The van der Waals surface area contributed by atoms with Crippen LogP contribution in [0.15, 0.2) is 18.2 Å². The standard InChI is InChI=1S/C15H20ClNO4/c1-11-8-12(10-13(16)9-11)15(19)17(6-7-20-2)5-4-14(18)21-3/h8-10H,4-7H2,1-3H3. The zero-order valence-electron chi connectivity index (χ0n) is 12.5. The summed E-state index contributed by atoms with van der Waals surface area (Å²) < 4.78 is 9.60. The molecule has 5 nitrogen and oxygen atoms in total. The van der Waals surface area contributed by atoms with Crippen LogP contribution in [-0.4, -0.2) is 50.7 Å². The molecule has 0 radical (unpaired) electrons. The van der Waals surface area contributed by atoms with E-state index >= 15 is 0 Å². The maximum absolute atomic E-state index is 12.5.